The van der Waals surface area contributed by atoms with E-state index in [-0.39, 0.29) is 17.9 Å². The fraction of sp³-hybridized carbons (Fsp3) is 0.933. The van der Waals surface area contributed by atoms with Crippen LogP contribution in [-0.4, -0.2) is 38.3 Å². The lowest BCUT2D eigenvalue weighted by atomic mass is 9.97. The van der Waals surface area contributed by atoms with E-state index in [1.165, 1.54) is 19.3 Å². The fourth-order valence-corrected chi connectivity index (χ4v) is 3.23. The van der Waals surface area contributed by atoms with Gasteiger partial charge in [0.05, 0.1) is 19.1 Å². The average Bonchev–Trinajstić information content (AvgIpc) is 3.02. The summed E-state index contributed by atoms with van der Waals surface area (Å²) in [6, 6.07) is 0.195. The van der Waals surface area contributed by atoms with Crippen LogP contribution in [0.1, 0.15) is 39.5 Å². The maximum atomic E-state index is 12.3. The van der Waals surface area contributed by atoms with Crippen LogP contribution in [0.15, 0.2) is 0 Å². The van der Waals surface area contributed by atoms with Crippen LogP contribution in [0.3, 0.4) is 0 Å². The van der Waals surface area contributed by atoms with Crippen molar-refractivity contribution >= 4 is 5.91 Å². The molecule has 1 amide bonds. The van der Waals surface area contributed by atoms with Gasteiger partial charge in [0.2, 0.25) is 5.91 Å². The molecule has 0 spiro atoms. The molecule has 4 atom stereocenters. The van der Waals surface area contributed by atoms with Gasteiger partial charge < -0.3 is 15.4 Å². The molecule has 2 fully saturated rings. The van der Waals surface area contributed by atoms with Crippen molar-refractivity contribution in [3.05, 3.63) is 0 Å². The van der Waals surface area contributed by atoms with Crippen molar-refractivity contribution in [2.75, 3.05) is 26.3 Å². The van der Waals surface area contributed by atoms with Crippen LogP contribution in [-0.2, 0) is 9.53 Å². The van der Waals surface area contributed by atoms with Gasteiger partial charge in [-0.15, -0.1) is 0 Å². The molecule has 2 N–H and O–H groups in total. The Kier molecular flexibility index (Phi) is 5.64. The Labute approximate surface area is 116 Å². The van der Waals surface area contributed by atoms with E-state index in [0.717, 1.165) is 25.4 Å². The Balaban J connectivity index is 1.75. The van der Waals surface area contributed by atoms with Crippen molar-refractivity contribution < 1.29 is 9.53 Å². The Bertz CT molecular complexity index is 296. The second kappa shape index (κ2) is 7.25. The number of nitrogens with one attached hydrogen (secondary N) is 2. The third-order valence-corrected chi connectivity index (χ3v) is 4.65. The fourth-order valence-electron chi connectivity index (χ4n) is 3.23. The lowest BCUT2D eigenvalue weighted by Gasteiger charge is -2.21. The maximum absolute atomic E-state index is 12.3. The first-order valence-electron chi connectivity index (χ1n) is 7.81. The van der Waals surface area contributed by atoms with E-state index in [4.69, 9.17) is 4.74 Å². The lowest BCUT2D eigenvalue weighted by molar-refractivity contribution is -0.125. The minimum Gasteiger partial charge on any atom is -0.379 e. The van der Waals surface area contributed by atoms with Crippen LogP contribution >= 0.6 is 0 Å². The number of hydrogen-bond donors (Lipinski definition) is 2. The monoisotopic (exact) mass is 268 g/mol. The largest absolute Gasteiger partial charge is 0.379 e. The second-order valence-corrected chi connectivity index (χ2v) is 6.12. The maximum Gasteiger partial charge on any atom is 0.227 e. The first-order chi connectivity index (χ1) is 9.22. The summed E-state index contributed by atoms with van der Waals surface area (Å²) in [4.78, 5) is 12.3. The SMILES string of the molecule is CCCNC1COCC1C(=O)NCC1CCCC1C. The Morgan fingerprint density at radius 1 is 1.32 bits per heavy atom. The summed E-state index contributed by atoms with van der Waals surface area (Å²) >= 11 is 0. The van der Waals surface area contributed by atoms with Gasteiger partial charge in [-0.2, -0.15) is 0 Å². The van der Waals surface area contributed by atoms with Crippen molar-refractivity contribution in [3.63, 3.8) is 0 Å². The zero-order valence-electron chi connectivity index (χ0n) is 12.3. The highest BCUT2D eigenvalue weighted by molar-refractivity contribution is 5.79. The zero-order chi connectivity index (χ0) is 13.7. The molecule has 0 aromatic rings. The van der Waals surface area contributed by atoms with Gasteiger partial charge in [0.25, 0.3) is 0 Å². The average molecular weight is 268 g/mol. The molecule has 2 rings (SSSR count). The smallest absolute Gasteiger partial charge is 0.227 e. The standard InChI is InChI=1S/C15H28N2O2/c1-3-7-16-14-10-19-9-13(14)15(18)17-8-12-6-4-5-11(12)2/h11-14,16H,3-10H2,1-2H3,(H,17,18). The first-order valence-corrected chi connectivity index (χ1v) is 7.81. The van der Waals surface area contributed by atoms with Crippen LogP contribution in [0.5, 0.6) is 0 Å². The molecule has 4 nitrogen and oxygen atoms in total. The molecular weight excluding hydrogens is 240 g/mol. The molecule has 110 valence electrons. The van der Waals surface area contributed by atoms with E-state index < -0.39 is 0 Å². The van der Waals surface area contributed by atoms with Crippen LogP contribution < -0.4 is 10.6 Å². The molecule has 4 unspecified atom stereocenters. The van der Waals surface area contributed by atoms with Crippen molar-refractivity contribution in [2.24, 2.45) is 17.8 Å². The summed E-state index contributed by atoms with van der Waals surface area (Å²) in [5.74, 6) is 1.59. The minimum absolute atomic E-state index is 0.0109. The van der Waals surface area contributed by atoms with Crippen molar-refractivity contribution in [2.45, 2.75) is 45.6 Å². The highest BCUT2D eigenvalue weighted by Crippen LogP contribution is 2.30. The van der Waals surface area contributed by atoms with Crippen molar-refractivity contribution in [1.29, 1.82) is 0 Å². The van der Waals surface area contributed by atoms with E-state index in [2.05, 4.69) is 24.5 Å². The minimum atomic E-state index is -0.0109. The van der Waals surface area contributed by atoms with Crippen LogP contribution in [0.2, 0.25) is 0 Å². The molecule has 2 aliphatic rings. The van der Waals surface area contributed by atoms with Gasteiger partial charge >= 0.3 is 0 Å². The summed E-state index contributed by atoms with van der Waals surface area (Å²) in [5, 5.41) is 6.56. The van der Waals surface area contributed by atoms with Gasteiger partial charge in [-0.3, -0.25) is 4.79 Å². The summed E-state index contributed by atoms with van der Waals surface area (Å²) < 4.78 is 5.46. The van der Waals surface area contributed by atoms with Crippen molar-refractivity contribution in [1.82, 2.24) is 10.6 Å². The zero-order valence-corrected chi connectivity index (χ0v) is 12.3. The van der Waals surface area contributed by atoms with Gasteiger partial charge in [0.15, 0.2) is 0 Å². The van der Waals surface area contributed by atoms with Gasteiger partial charge in [-0.1, -0.05) is 26.7 Å². The predicted molar refractivity (Wildman–Crippen MR) is 75.9 cm³/mol. The van der Waals surface area contributed by atoms with Gasteiger partial charge in [0, 0.05) is 12.6 Å². The summed E-state index contributed by atoms with van der Waals surface area (Å²) in [6.07, 6.45) is 4.98. The Hall–Kier alpha value is -0.610. The van der Waals surface area contributed by atoms with Crippen LogP contribution in [0.4, 0.5) is 0 Å². The molecule has 19 heavy (non-hydrogen) atoms. The first kappa shape index (κ1) is 14.8. The van der Waals surface area contributed by atoms with Gasteiger partial charge in [0.1, 0.15) is 0 Å². The third kappa shape index (κ3) is 3.93. The number of ether oxygens (including phenoxy) is 1. The molecule has 1 saturated heterocycles. The predicted octanol–water partition coefficient (Wildman–Crippen LogP) is 1.55. The number of rotatable bonds is 6. The molecular formula is C15H28N2O2. The third-order valence-electron chi connectivity index (χ3n) is 4.65. The lowest BCUT2D eigenvalue weighted by Crippen LogP contribution is -2.45. The van der Waals surface area contributed by atoms with E-state index in [9.17, 15) is 4.79 Å². The molecule has 0 radical (unpaired) electrons. The van der Waals surface area contributed by atoms with Crippen molar-refractivity contribution in [3.8, 4) is 0 Å². The number of carbonyl (C=O) groups is 1. The molecule has 0 bridgehead atoms. The molecule has 1 heterocycles. The molecule has 0 aromatic carbocycles. The topological polar surface area (TPSA) is 50.4 Å². The quantitative estimate of drug-likeness (QED) is 0.768. The Morgan fingerprint density at radius 3 is 2.84 bits per heavy atom. The van der Waals surface area contributed by atoms with E-state index in [1.54, 1.807) is 0 Å². The molecule has 4 heteroatoms. The normalized spacial score (nSPS) is 34.6. The van der Waals surface area contributed by atoms with Crippen LogP contribution in [0.25, 0.3) is 0 Å². The second-order valence-electron chi connectivity index (χ2n) is 6.12. The Morgan fingerprint density at radius 2 is 2.16 bits per heavy atom. The van der Waals surface area contributed by atoms with E-state index in [0.29, 0.717) is 19.1 Å². The molecule has 0 aromatic heterocycles. The van der Waals surface area contributed by atoms with Gasteiger partial charge in [-0.25, -0.2) is 0 Å². The molecule has 1 saturated carbocycles. The van der Waals surface area contributed by atoms with E-state index in [1.807, 2.05) is 0 Å². The molecule has 1 aliphatic heterocycles. The number of carbonyl (C=O) groups excluding carboxylic acids is 1. The van der Waals surface area contributed by atoms with Crippen LogP contribution in [0, 0.1) is 17.8 Å². The highest BCUT2D eigenvalue weighted by Gasteiger charge is 2.34. The summed E-state index contributed by atoms with van der Waals surface area (Å²) in [6.45, 7) is 7.47. The summed E-state index contributed by atoms with van der Waals surface area (Å²) in [7, 11) is 0. The van der Waals surface area contributed by atoms with Gasteiger partial charge in [-0.05, 0) is 31.2 Å². The number of hydrogen-bond acceptors (Lipinski definition) is 3. The molecule has 1 aliphatic carbocycles. The van der Waals surface area contributed by atoms with E-state index >= 15 is 0 Å². The highest BCUT2D eigenvalue weighted by atomic mass is 16.5. The summed E-state index contributed by atoms with van der Waals surface area (Å²) in [5.41, 5.74) is 0. The number of amides is 1.